The summed E-state index contributed by atoms with van der Waals surface area (Å²) >= 11 is 2.75. The summed E-state index contributed by atoms with van der Waals surface area (Å²) in [5.41, 5.74) is 18.2. The van der Waals surface area contributed by atoms with Crippen molar-refractivity contribution in [1.82, 2.24) is 14.6 Å². The van der Waals surface area contributed by atoms with Gasteiger partial charge in [0, 0.05) is 27.5 Å². The lowest BCUT2D eigenvalue weighted by Gasteiger charge is -2.22. The van der Waals surface area contributed by atoms with Crippen LogP contribution >= 0.6 is 23.5 Å². The summed E-state index contributed by atoms with van der Waals surface area (Å²) in [5.74, 6) is 0. The third kappa shape index (κ3) is 6.63. The quantitative estimate of drug-likeness (QED) is 0.0993. The van der Waals surface area contributed by atoms with Crippen LogP contribution in [-0.2, 0) is 16.2 Å². The second-order valence-electron chi connectivity index (χ2n) is 18.3. The van der Waals surface area contributed by atoms with Crippen molar-refractivity contribution in [3.05, 3.63) is 190 Å². The van der Waals surface area contributed by atoms with Gasteiger partial charge in [0.05, 0.1) is 34.4 Å². The summed E-state index contributed by atoms with van der Waals surface area (Å²) < 4.78 is 5.02. The fourth-order valence-electron chi connectivity index (χ4n) is 9.12. The van der Waals surface area contributed by atoms with Gasteiger partial charge in [-0.3, -0.25) is 10.8 Å². The Balaban J connectivity index is 0.903. The normalized spacial score (nSPS) is 15.1. The van der Waals surface area contributed by atoms with Crippen molar-refractivity contribution in [2.45, 2.75) is 64.7 Å². The van der Waals surface area contributed by atoms with Gasteiger partial charge in [-0.2, -0.15) is 0 Å². The Hall–Kier alpha value is -6.11. The van der Waals surface area contributed by atoms with Gasteiger partial charge in [0.1, 0.15) is 10.1 Å². The summed E-state index contributed by atoms with van der Waals surface area (Å²) in [4.78, 5) is 10.1. The molecular formula is C54H46N5S2+. The van der Waals surface area contributed by atoms with Gasteiger partial charge in [-0.25, -0.2) is 9.97 Å². The lowest BCUT2D eigenvalue weighted by atomic mass is 9.82. The van der Waals surface area contributed by atoms with Crippen LogP contribution in [0.1, 0.15) is 98.8 Å². The lowest BCUT2D eigenvalue weighted by molar-refractivity contribution is 0.590. The number of nitrogens with one attached hydrogen (secondary N) is 2. The van der Waals surface area contributed by atoms with E-state index in [-0.39, 0.29) is 21.3 Å². The molecule has 5 nitrogen and oxygen atoms in total. The molecule has 10 rings (SSSR count). The molecule has 7 heteroatoms. The topological polar surface area (TPSA) is 87.6 Å². The molecule has 61 heavy (non-hydrogen) atoms. The van der Waals surface area contributed by atoms with Gasteiger partial charge in [0.2, 0.25) is 0 Å². The molecule has 2 aliphatic carbocycles. The number of aromatic nitrogens is 2. The van der Waals surface area contributed by atoms with Gasteiger partial charge < -0.3 is 0 Å². The average molecular weight is 829 g/mol. The maximum Gasteiger partial charge on any atom is 0.399 e. The van der Waals surface area contributed by atoms with Gasteiger partial charge in [-0.1, -0.05) is 138 Å². The Labute approximate surface area is 366 Å². The lowest BCUT2D eigenvalue weighted by Crippen LogP contribution is -2.22. The highest BCUT2D eigenvalue weighted by Crippen LogP contribution is 2.50. The Morgan fingerprint density at radius 3 is 1.64 bits per heavy atom. The molecular weight excluding hydrogens is 783 g/mol. The summed E-state index contributed by atoms with van der Waals surface area (Å²) in [6, 6.07) is 49.0. The van der Waals surface area contributed by atoms with Crippen LogP contribution in [0.4, 0.5) is 0 Å². The van der Waals surface area contributed by atoms with E-state index in [2.05, 4.69) is 158 Å². The predicted octanol–water partition coefficient (Wildman–Crippen LogP) is 12.8. The minimum atomic E-state index is -0.159. The van der Waals surface area contributed by atoms with E-state index in [1.807, 2.05) is 30.3 Å². The van der Waals surface area contributed by atoms with Crippen molar-refractivity contribution >= 4 is 43.7 Å². The fraction of sp³-hybridized carbons (Fsp3) is 0.185. The van der Waals surface area contributed by atoms with Crippen molar-refractivity contribution in [2.24, 2.45) is 0 Å². The molecule has 3 heterocycles. The first-order valence-corrected chi connectivity index (χ1v) is 22.4. The zero-order valence-corrected chi connectivity index (χ0v) is 37.1. The van der Waals surface area contributed by atoms with Crippen LogP contribution in [0.15, 0.2) is 140 Å². The van der Waals surface area contributed by atoms with E-state index < -0.39 is 0 Å². The second-order valence-corrected chi connectivity index (χ2v) is 20.3. The summed E-state index contributed by atoms with van der Waals surface area (Å²) in [5, 5.41) is 20.7. The standard InChI is InChI=1S/C54H46N5S2/c1-52(2,3)35-27-33(48(55)60-49(56)46-20-12-18-44(57-46)31-22-24-38-36-14-8-10-16-40(36)53(4,5)42(38)29-31)26-34(28-35)50-59-51(61-50)47-21-13-19-45(58-47)32-23-25-39-37-15-9-11-17-41(37)54(6,7)43(39)30-32/h8-30,55-56H,1-7H3/q+1. The number of benzene rings is 5. The highest BCUT2D eigenvalue weighted by atomic mass is 32.2. The molecule has 0 bridgehead atoms. The third-order valence-electron chi connectivity index (χ3n) is 12.6. The summed E-state index contributed by atoms with van der Waals surface area (Å²) in [6.45, 7) is 15.7. The Bertz CT molecular complexity index is 3100. The SMILES string of the molecule is CC(C)(C)c1cc(C(=N)SC(=N)c2cccc(-c3ccc4c(c3)C(C)(C)c3ccccc3-4)n2)cc(C2=[N+]=C(c3cccc(-c4ccc5c(c4)C(C)(C)c4ccccc4-5)n3)S2)c1. The van der Waals surface area contributed by atoms with E-state index in [0.717, 1.165) is 66.7 Å². The van der Waals surface area contributed by atoms with Gasteiger partial charge in [0.25, 0.3) is 0 Å². The maximum atomic E-state index is 9.25. The van der Waals surface area contributed by atoms with Crippen LogP contribution in [0, 0.1) is 10.8 Å². The van der Waals surface area contributed by atoms with E-state index in [9.17, 15) is 5.41 Å². The smallest absolute Gasteiger partial charge is 0.293 e. The largest absolute Gasteiger partial charge is 0.399 e. The molecule has 3 aliphatic rings. The number of pyridine rings is 2. The van der Waals surface area contributed by atoms with Crippen molar-refractivity contribution in [3.63, 3.8) is 0 Å². The first kappa shape index (κ1) is 39.1. The molecule has 1 aliphatic heterocycles. The predicted molar refractivity (Wildman–Crippen MR) is 259 cm³/mol. The number of hydrogen-bond donors (Lipinski definition) is 2. The van der Waals surface area contributed by atoms with Crippen LogP contribution in [0.5, 0.6) is 0 Å². The minimum Gasteiger partial charge on any atom is -0.293 e. The van der Waals surface area contributed by atoms with Crippen LogP contribution in [0.25, 0.3) is 44.8 Å². The molecule has 0 unspecified atom stereocenters. The monoisotopic (exact) mass is 828 g/mol. The first-order valence-electron chi connectivity index (χ1n) is 20.8. The summed E-state index contributed by atoms with van der Waals surface area (Å²) in [7, 11) is 0. The van der Waals surface area contributed by atoms with Gasteiger partial charge in [-0.15, -0.1) is 0 Å². The van der Waals surface area contributed by atoms with Gasteiger partial charge in [-0.05, 0) is 122 Å². The van der Waals surface area contributed by atoms with Crippen LogP contribution < -0.4 is 4.67 Å². The zero-order chi connectivity index (χ0) is 42.4. The zero-order valence-electron chi connectivity index (χ0n) is 35.4. The number of nitrogens with zero attached hydrogens (tertiary/aromatic N) is 3. The molecule has 2 N–H and O–H groups in total. The molecule has 298 valence electrons. The Kier molecular flexibility index (Phi) is 9.12. The van der Waals surface area contributed by atoms with Crippen molar-refractivity contribution in [3.8, 4) is 44.8 Å². The van der Waals surface area contributed by atoms with Crippen LogP contribution in [0.3, 0.4) is 0 Å². The number of fused-ring (bicyclic) bond motifs is 6. The van der Waals surface area contributed by atoms with E-state index >= 15 is 0 Å². The molecule has 0 atom stereocenters. The highest BCUT2D eigenvalue weighted by molar-refractivity contribution is 8.28. The van der Waals surface area contributed by atoms with Crippen LogP contribution in [-0.4, -0.2) is 30.1 Å². The molecule has 0 radical (unpaired) electrons. The number of hydrogen-bond acceptors (Lipinski definition) is 6. The molecule has 5 aromatic carbocycles. The molecule has 0 spiro atoms. The average Bonchev–Trinajstić information content (AvgIpc) is 3.61. The molecule has 2 aromatic heterocycles. The Morgan fingerprint density at radius 1 is 0.525 bits per heavy atom. The molecule has 0 fully saturated rings. The highest BCUT2D eigenvalue weighted by Gasteiger charge is 2.38. The molecule has 0 saturated heterocycles. The van der Waals surface area contributed by atoms with Gasteiger partial charge >= 0.3 is 10.1 Å². The second kappa shape index (κ2) is 14.2. The third-order valence-corrected chi connectivity index (χ3v) is 14.5. The van der Waals surface area contributed by atoms with Gasteiger partial charge in [0.15, 0.2) is 5.69 Å². The van der Waals surface area contributed by atoms with Crippen molar-refractivity contribution < 1.29 is 0 Å². The Morgan fingerprint density at radius 2 is 1.05 bits per heavy atom. The van der Waals surface area contributed by atoms with E-state index in [1.54, 1.807) is 11.8 Å². The van der Waals surface area contributed by atoms with E-state index in [0.29, 0.717) is 10.7 Å². The summed E-state index contributed by atoms with van der Waals surface area (Å²) in [6.07, 6.45) is 0. The van der Waals surface area contributed by atoms with E-state index in [4.69, 9.17) is 20.0 Å². The molecule has 7 aromatic rings. The molecule has 0 amide bonds. The van der Waals surface area contributed by atoms with Crippen LogP contribution in [0.2, 0.25) is 0 Å². The van der Waals surface area contributed by atoms with Crippen molar-refractivity contribution in [2.75, 3.05) is 0 Å². The first-order chi connectivity index (χ1) is 29.2. The van der Waals surface area contributed by atoms with E-state index in [1.165, 1.54) is 44.5 Å². The van der Waals surface area contributed by atoms with Crippen molar-refractivity contribution in [1.29, 1.82) is 10.8 Å². The molecule has 0 saturated carbocycles. The number of rotatable bonds is 6. The maximum absolute atomic E-state index is 9.25. The number of thioether (sulfide) groups is 2. The fourth-order valence-corrected chi connectivity index (χ4v) is 10.6. The minimum absolute atomic E-state index is 0.0796.